The van der Waals surface area contributed by atoms with Gasteiger partial charge in [0.15, 0.2) is 0 Å². The molecule has 1 aromatic rings. The second kappa shape index (κ2) is 5.63. The van der Waals surface area contributed by atoms with E-state index in [0.29, 0.717) is 24.3 Å². The van der Waals surface area contributed by atoms with E-state index in [1.165, 1.54) is 14.0 Å². The molecule has 1 atom stereocenters. The van der Waals surface area contributed by atoms with Crippen molar-refractivity contribution >= 4 is 11.9 Å². The monoisotopic (exact) mass is 293 g/mol. The molecule has 0 heterocycles. The molecule has 1 aliphatic rings. The Morgan fingerprint density at radius 1 is 1.19 bits per heavy atom. The normalized spacial score (nSPS) is 20.3. The summed E-state index contributed by atoms with van der Waals surface area (Å²) in [5.41, 5.74) is 0.427. The maximum Gasteiger partial charge on any atom is 0.329 e. The standard InChI is InChI=1S/C15H19NO5/c1-9(17)16-15(14(18)19)7-6-10-11(8-15)13(21-3)5-4-12(10)20-2/h4-5H,6-8H2,1-3H3,(H,16,17)(H,18,19)/t15-/m1/s1. The minimum absolute atomic E-state index is 0.178. The maximum absolute atomic E-state index is 11.7. The quantitative estimate of drug-likeness (QED) is 0.870. The van der Waals surface area contributed by atoms with Gasteiger partial charge in [0, 0.05) is 24.5 Å². The van der Waals surface area contributed by atoms with Gasteiger partial charge >= 0.3 is 5.97 Å². The largest absolute Gasteiger partial charge is 0.496 e. The molecular weight excluding hydrogens is 274 g/mol. The molecule has 0 fully saturated rings. The van der Waals surface area contributed by atoms with Crippen molar-refractivity contribution in [3.05, 3.63) is 23.3 Å². The lowest BCUT2D eigenvalue weighted by Crippen LogP contribution is -2.57. The highest BCUT2D eigenvalue weighted by Crippen LogP contribution is 2.39. The highest BCUT2D eigenvalue weighted by Gasteiger charge is 2.44. The minimum atomic E-state index is -1.29. The van der Waals surface area contributed by atoms with Crippen molar-refractivity contribution in [1.29, 1.82) is 0 Å². The van der Waals surface area contributed by atoms with Crippen molar-refractivity contribution in [1.82, 2.24) is 5.32 Å². The first-order valence-electron chi connectivity index (χ1n) is 6.68. The van der Waals surface area contributed by atoms with E-state index >= 15 is 0 Å². The number of carboxylic acid groups (broad SMARTS) is 1. The molecule has 2 rings (SSSR count). The smallest absolute Gasteiger partial charge is 0.329 e. The summed E-state index contributed by atoms with van der Waals surface area (Å²) >= 11 is 0. The Labute approximate surface area is 123 Å². The summed E-state index contributed by atoms with van der Waals surface area (Å²) in [6, 6.07) is 3.56. The van der Waals surface area contributed by atoms with E-state index in [2.05, 4.69) is 5.32 Å². The van der Waals surface area contributed by atoms with Gasteiger partial charge in [-0.15, -0.1) is 0 Å². The van der Waals surface area contributed by atoms with Crippen LogP contribution in [0.5, 0.6) is 11.5 Å². The molecule has 1 amide bonds. The van der Waals surface area contributed by atoms with Crippen molar-refractivity contribution < 1.29 is 24.2 Å². The first-order valence-corrected chi connectivity index (χ1v) is 6.68. The van der Waals surface area contributed by atoms with Gasteiger partial charge in [0.25, 0.3) is 0 Å². The summed E-state index contributed by atoms with van der Waals surface area (Å²) in [5.74, 6) is -0.0648. The number of benzene rings is 1. The summed E-state index contributed by atoms with van der Waals surface area (Å²) < 4.78 is 10.7. The third kappa shape index (κ3) is 2.66. The van der Waals surface area contributed by atoms with Gasteiger partial charge in [-0.3, -0.25) is 4.79 Å². The number of hydrogen-bond donors (Lipinski definition) is 2. The van der Waals surface area contributed by atoms with E-state index in [0.717, 1.165) is 11.1 Å². The van der Waals surface area contributed by atoms with Gasteiger partial charge in [0.1, 0.15) is 17.0 Å². The molecule has 0 aliphatic heterocycles. The van der Waals surface area contributed by atoms with Crippen molar-refractivity contribution in [2.75, 3.05) is 14.2 Å². The first kappa shape index (κ1) is 15.2. The van der Waals surface area contributed by atoms with Crippen LogP contribution in [0.2, 0.25) is 0 Å². The van der Waals surface area contributed by atoms with Crippen molar-refractivity contribution in [3.63, 3.8) is 0 Å². The molecule has 0 saturated heterocycles. The Kier molecular flexibility index (Phi) is 4.06. The van der Waals surface area contributed by atoms with Crippen LogP contribution >= 0.6 is 0 Å². The van der Waals surface area contributed by atoms with Gasteiger partial charge in [-0.05, 0) is 25.0 Å². The second-order valence-electron chi connectivity index (χ2n) is 5.17. The van der Waals surface area contributed by atoms with Gasteiger partial charge in [-0.25, -0.2) is 4.79 Å². The lowest BCUT2D eigenvalue weighted by Gasteiger charge is -2.36. The fourth-order valence-corrected chi connectivity index (χ4v) is 2.91. The molecule has 0 spiro atoms. The lowest BCUT2D eigenvalue weighted by atomic mass is 9.77. The van der Waals surface area contributed by atoms with Crippen LogP contribution in [0.25, 0.3) is 0 Å². The molecule has 21 heavy (non-hydrogen) atoms. The van der Waals surface area contributed by atoms with Crippen LogP contribution in [0.3, 0.4) is 0 Å². The minimum Gasteiger partial charge on any atom is -0.496 e. The Balaban J connectivity index is 2.50. The van der Waals surface area contributed by atoms with Gasteiger partial charge in [0.2, 0.25) is 5.91 Å². The highest BCUT2D eigenvalue weighted by molar-refractivity contribution is 5.87. The van der Waals surface area contributed by atoms with E-state index in [1.54, 1.807) is 13.2 Å². The zero-order valence-electron chi connectivity index (χ0n) is 12.4. The molecule has 6 heteroatoms. The highest BCUT2D eigenvalue weighted by atomic mass is 16.5. The third-order valence-electron chi connectivity index (χ3n) is 3.89. The topological polar surface area (TPSA) is 84.9 Å². The number of aliphatic carboxylic acids is 1. The van der Waals surface area contributed by atoms with Gasteiger partial charge in [-0.2, -0.15) is 0 Å². The summed E-state index contributed by atoms with van der Waals surface area (Å²) in [5, 5.41) is 12.2. The van der Waals surface area contributed by atoms with E-state index in [9.17, 15) is 14.7 Å². The van der Waals surface area contributed by atoms with E-state index in [4.69, 9.17) is 9.47 Å². The number of methoxy groups -OCH3 is 2. The predicted molar refractivity (Wildman–Crippen MR) is 75.8 cm³/mol. The molecule has 1 aliphatic carbocycles. The van der Waals surface area contributed by atoms with Crippen LogP contribution in [-0.2, 0) is 22.4 Å². The van der Waals surface area contributed by atoms with E-state index in [1.807, 2.05) is 6.07 Å². The summed E-state index contributed by atoms with van der Waals surface area (Å²) in [6.07, 6.45) is 0.998. The SMILES string of the molecule is COc1ccc(OC)c2c1CC[C@](NC(C)=O)(C(=O)O)C2. The molecule has 114 valence electrons. The van der Waals surface area contributed by atoms with Crippen molar-refractivity contribution in [2.45, 2.75) is 31.7 Å². The fraction of sp³-hybridized carbons (Fsp3) is 0.467. The van der Waals surface area contributed by atoms with Crippen LogP contribution in [-0.4, -0.2) is 36.7 Å². The molecule has 0 bridgehead atoms. The van der Waals surface area contributed by atoms with Crippen LogP contribution in [0.1, 0.15) is 24.5 Å². The molecular formula is C15H19NO5. The molecule has 6 nitrogen and oxygen atoms in total. The summed E-state index contributed by atoms with van der Waals surface area (Å²) in [7, 11) is 3.12. The number of hydrogen-bond acceptors (Lipinski definition) is 4. The average Bonchev–Trinajstić information content (AvgIpc) is 2.45. The zero-order valence-corrected chi connectivity index (χ0v) is 12.4. The van der Waals surface area contributed by atoms with E-state index < -0.39 is 11.5 Å². The Bertz CT molecular complexity index is 584. The number of fused-ring (bicyclic) bond motifs is 1. The number of rotatable bonds is 4. The van der Waals surface area contributed by atoms with Crippen LogP contribution in [0.4, 0.5) is 0 Å². The number of ether oxygens (including phenoxy) is 2. The molecule has 1 aromatic carbocycles. The molecule has 0 aromatic heterocycles. The van der Waals surface area contributed by atoms with Crippen molar-refractivity contribution in [2.24, 2.45) is 0 Å². The number of nitrogens with one attached hydrogen (secondary N) is 1. The van der Waals surface area contributed by atoms with Crippen LogP contribution in [0.15, 0.2) is 12.1 Å². The molecule has 0 saturated carbocycles. The zero-order chi connectivity index (χ0) is 15.6. The third-order valence-corrected chi connectivity index (χ3v) is 3.89. The molecule has 2 N–H and O–H groups in total. The summed E-state index contributed by atoms with van der Waals surface area (Å²) in [4.78, 5) is 23.1. The second-order valence-corrected chi connectivity index (χ2v) is 5.17. The predicted octanol–water partition coefficient (Wildman–Crippen LogP) is 1.15. The lowest BCUT2D eigenvalue weighted by molar-refractivity contribution is -0.148. The van der Waals surface area contributed by atoms with Crippen LogP contribution in [0, 0.1) is 0 Å². The average molecular weight is 293 g/mol. The number of carboxylic acids is 1. The first-order chi connectivity index (χ1) is 9.93. The fourth-order valence-electron chi connectivity index (χ4n) is 2.91. The van der Waals surface area contributed by atoms with Gasteiger partial charge < -0.3 is 19.9 Å². The van der Waals surface area contributed by atoms with Crippen molar-refractivity contribution in [3.8, 4) is 11.5 Å². The number of amides is 1. The number of carbonyl (C=O) groups is 2. The van der Waals surface area contributed by atoms with Gasteiger partial charge in [0.05, 0.1) is 14.2 Å². The Morgan fingerprint density at radius 2 is 1.76 bits per heavy atom. The number of carbonyl (C=O) groups excluding carboxylic acids is 1. The van der Waals surface area contributed by atoms with Gasteiger partial charge in [-0.1, -0.05) is 0 Å². The van der Waals surface area contributed by atoms with Crippen LogP contribution < -0.4 is 14.8 Å². The Hall–Kier alpha value is -2.24. The molecule has 0 unspecified atom stereocenters. The maximum atomic E-state index is 11.7. The summed E-state index contributed by atoms with van der Waals surface area (Å²) in [6.45, 7) is 1.32. The van der Waals surface area contributed by atoms with E-state index in [-0.39, 0.29) is 12.3 Å². The Morgan fingerprint density at radius 3 is 2.24 bits per heavy atom. The molecule has 0 radical (unpaired) electrons.